The lowest BCUT2D eigenvalue weighted by molar-refractivity contribution is 0.00578. The van der Waals surface area contributed by atoms with Gasteiger partial charge >= 0.3 is 7.12 Å². The molecule has 0 spiro atoms. The Bertz CT molecular complexity index is 475. The van der Waals surface area contributed by atoms with Crippen molar-refractivity contribution in [3.8, 4) is 0 Å². The van der Waals surface area contributed by atoms with Crippen molar-refractivity contribution in [2.75, 3.05) is 0 Å². The molecule has 2 nitrogen and oxygen atoms in total. The van der Waals surface area contributed by atoms with E-state index in [-0.39, 0.29) is 5.02 Å². The minimum Gasteiger partial charge on any atom is -0.399 e. The van der Waals surface area contributed by atoms with E-state index in [9.17, 15) is 8.78 Å². The maximum Gasteiger partial charge on any atom is 0.496 e. The Morgan fingerprint density at radius 3 is 1.94 bits per heavy atom. The lowest BCUT2D eigenvalue weighted by atomic mass is 9.79. The summed E-state index contributed by atoms with van der Waals surface area (Å²) in [5.41, 5.74) is -0.799. The maximum absolute atomic E-state index is 13.3. The largest absolute Gasteiger partial charge is 0.496 e. The molecule has 98 valence electrons. The Kier molecular flexibility index (Phi) is 3.20. The summed E-state index contributed by atoms with van der Waals surface area (Å²) in [5.74, 6) is -1.95. The number of benzene rings is 1. The molecule has 0 saturated carbocycles. The summed E-state index contributed by atoms with van der Waals surface area (Å²) >= 11 is 5.90. The van der Waals surface area contributed by atoms with Gasteiger partial charge in [0.15, 0.2) is 11.6 Å². The first-order valence-electron chi connectivity index (χ1n) is 5.64. The first-order chi connectivity index (χ1) is 8.14. The predicted octanol–water partition coefficient (Wildman–Crippen LogP) is 2.92. The third-order valence-corrected chi connectivity index (χ3v) is 3.87. The summed E-state index contributed by atoms with van der Waals surface area (Å²) in [7, 11) is -0.794. The van der Waals surface area contributed by atoms with E-state index in [2.05, 4.69) is 0 Å². The molecule has 0 unspecified atom stereocenters. The highest BCUT2D eigenvalue weighted by Gasteiger charge is 2.52. The van der Waals surface area contributed by atoms with Gasteiger partial charge in [-0.1, -0.05) is 11.6 Å². The van der Waals surface area contributed by atoms with Gasteiger partial charge in [0.05, 0.1) is 11.2 Å². The summed E-state index contributed by atoms with van der Waals surface area (Å²) < 4.78 is 37.7. The monoisotopic (exact) mass is 274 g/mol. The molecule has 0 N–H and O–H groups in total. The fourth-order valence-corrected chi connectivity index (χ4v) is 1.93. The maximum atomic E-state index is 13.3. The molecule has 1 heterocycles. The van der Waals surface area contributed by atoms with E-state index in [4.69, 9.17) is 20.9 Å². The number of hydrogen-bond acceptors (Lipinski definition) is 2. The zero-order chi connectivity index (χ0) is 13.7. The molecule has 0 radical (unpaired) electrons. The molecule has 18 heavy (non-hydrogen) atoms. The van der Waals surface area contributed by atoms with Gasteiger partial charge in [-0.3, -0.25) is 0 Å². The minimum atomic E-state index is -0.986. The Labute approximate surface area is 110 Å². The second kappa shape index (κ2) is 4.18. The zero-order valence-corrected chi connectivity index (χ0v) is 11.4. The first-order valence-corrected chi connectivity index (χ1v) is 6.02. The summed E-state index contributed by atoms with van der Waals surface area (Å²) in [6, 6.07) is 1.94. The van der Waals surface area contributed by atoms with Crippen molar-refractivity contribution in [3.63, 3.8) is 0 Å². The van der Waals surface area contributed by atoms with Crippen molar-refractivity contribution in [3.05, 3.63) is 28.8 Å². The van der Waals surface area contributed by atoms with E-state index >= 15 is 0 Å². The third-order valence-electron chi connectivity index (χ3n) is 3.55. The highest BCUT2D eigenvalue weighted by atomic mass is 35.5. The lowest BCUT2D eigenvalue weighted by Gasteiger charge is -2.32. The average Bonchev–Trinajstić information content (AvgIpc) is 2.42. The van der Waals surface area contributed by atoms with Crippen LogP contribution in [0.4, 0.5) is 8.78 Å². The smallest absolute Gasteiger partial charge is 0.399 e. The molecule has 6 heteroatoms. The molecule has 0 aromatic heterocycles. The van der Waals surface area contributed by atoms with Gasteiger partial charge in [-0.2, -0.15) is 0 Å². The van der Waals surface area contributed by atoms with Crippen molar-refractivity contribution in [2.24, 2.45) is 0 Å². The van der Waals surface area contributed by atoms with Crippen LogP contribution in [0.1, 0.15) is 27.7 Å². The van der Waals surface area contributed by atoms with E-state index in [1.807, 2.05) is 27.7 Å². The topological polar surface area (TPSA) is 18.5 Å². The van der Waals surface area contributed by atoms with Gasteiger partial charge in [-0.15, -0.1) is 0 Å². The normalized spacial score (nSPS) is 21.4. The molecule has 0 aliphatic carbocycles. The van der Waals surface area contributed by atoms with Crippen LogP contribution in [0.3, 0.4) is 0 Å². The van der Waals surface area contributed by atoms with E-state index in [1.54, 1.807) is 0 Å². The Balaban J connectivity index is 2.38. The van der Waals surface area contributed by atoms with Crippen LogP contribution in [0.5, 0.6) is 0 Å². The van der Waals surface area contributed by atoms with Crippen LogP contribution in [0.15, 0.2) is 12.1 Å². The van der Waals surface area contributed by atoms with Crippen LogP contribution in [0.25, 0.3) is 0 Å². The van der Waals surface area contributed by atoms with Gasteiger partial charge in [-0.05, 0) is 39.8 Å². The van der Waals surface area contributed by atoms with E-state index < -0.39 is 30.0 Å². The van der Waals surface area contributed by atoms with Gasteiger partial charge in [0.25, 0.3) is 0 Å². The molecular formula is C12H14BClF2O2. The number of hydrogen-bond donors (Lipinski definition) is 0. The van der Waals surface area contributed by atoms with Crippen molar-refractivity contribution in [2.45, 2.75) is 38.9 Å². The predicted molar refractivity (Wildman–Crippen MR) is 67.1 cm³/mol. The van der Waals surface area contributed by atoms with Crippen molar-refractivity contribution in [1.82, 2.24) is 0 Å². The third kappa shape index (κ3) is 2.15. The SMILES string of the molecule is CC1(C)OB(c2cc(F)c(F)cc2Cl)OC1(C)C. The van der Waals surface area contributed by atoms with Gasteiger partial charge < -0.3 is 9.31 Å². The van der Waals surface area contributed by atoms with Gasteiger partial charge in [-0.25, -0.2) is 8.78 Å². The van der Waals surface area contributed by atoms with Crippen LogP contribution in [-0.4, -0.2) is 18.3 Å². The summed E-state index contributed by atoms with van der Waals surface area (Å²) in [5, 5.41) is 0.0902. The second-order valence-corrected chi connectivity index (χ2v) is 5.78. The Morgan fingerprint density at radius 1 is 1.00 bits per heavy atom. The van der Waals surface area contributed by atoms with Crippen LogP contribution < -0.4 is 5.46 Å². The van der Waals surface area contributed by atoms with Gasteiger partial charge in [0.2, 0.25) is 0 Å². The molecule has 1 aromatic rings. The van der Waals surface area contributed by atoms with Crippen LogP contribution in [0, 0.1) is 11.6 Å². The molecule has 1 saturated heterocycles. The fraction of sp³-hybridized carbons (Fsp3) is 0.500. The molecular weight excluding hydrogens is 260 g/mol. The molecule has 1 aromatic carbocycles. The Morgan fingerprint density at radius 2 is 1.44 bits per heavy atom. The van der Waals surface area contributed by atoms with Crippen molar-refractivity contribution < 1.29 is 18.1 Å². The standard InChI is InChI=1S/C12H14BClF2O2/c1-11(2)12(3,4)18-13(17-11)7-5-9(15)10(16)6-8(7)14/h5-6H,1-4H3. The fourth-order valence-electron chi connectivity index (χ4n) is 1.69. The molecule has 0 atom stereocenters. The molecule has 1 fully saturated rings. The van der Waals surface area contributed by atoms with E-state index in [1.165, 1.54) is 0 Å². The first kappa shape index (κ1) is 13.8. The van der Waals surface area contributed by atoms with Crippen LogP contribution in [0.2, 0.25) is 5.02 Å². The van der Waals surface area contributed by atoms with E-state index in [0.717, 1.165) is 12.1 Å². The summed E-state index contributed by atoms with van der Waals surface area (Å²) in [4.78, 5) is 0. The molecule has 2 rings (SSSR count). The highest BCUT2D eigenvalue weighted by molar-refractivity contribution is 6.65. The second-order valence-electron chi connectivity index (χ2n) is 5.38. The van der Waals surface area contributed by atoms with Crippen LogP contribution in [-0.2, 0) is 9.31 Å². The number of halogens is 3. The molecule has 0 amide bonds. The molecule has 1 aliphatic heterocycles. The minimum absolute atomic E-state index is 0.0902. The molecule has 1 aliphatic rings. The van der Waals surface area contributed by atoms with Crippen LogP contribution >= 0.6 is 11.6 Å². The Hall–Kier alpha value is -0.645. The summed E-state index contributed by atoms with van der Waals surface area (Å²) in [6.07, 6.45) is 0. The summed E-state index contributed by atoms with van der Waals surface area (Å²) in [6.45, 7) is 7.50. The van der Waals surface area contributed by atoms with Crippen molar-refractivity contribution in [1.29, 1.82) is 0 Å². The van der Waals surface area contributed by atoms with Gasteiger partial charge in [0.1, 0.15) is 0 Å². The number of rotatable bonds is 1. The van der Waals surface area contributed by atoms with Gasteiger partial charge in [0, 0.05) is 10.5 Å². The lowest BCUT2D eigenvalue weighted by Crippen LogP contribution is -2.41. The molecule has 0 bridgehead atoms. The van der Waals surface area contributed by atoms with Crippen molar-refractivity contribution >= 4 is 24.2 Å². The quantitative estimate of drug-likeness (QED) is 0.579. The zero-order valence-electron chi connectivity index (χ0n) is 10.7. The highest BCUT2D eigenvalue weighted by Crippen LogP contribution is 2.37. The average molecular weight is 275 g/mol. The van der Waals surface area contributed by atoms with E-state index in [0.29, 0.717) is 5.46 Å².